The van der Waals surface area contributed by atoms with Crippen LogP contribution in [0.3, 0.4) is 0 Å². The quantitative estimate of drug-likeness (QED) is 0.416. The average molecular weight is 501 g/mol. The molecule has 0 bridgehead atoms. The molecule has 0 spiro atoms. The molecule has 7 heteroatoms. The summed E-state index contributed by atoms with van der Waals surface area (Å²) in [5.74, 6) is -0.231. The fourth-order valence-corrected chi connectivity index (χ4v) is 5.49. The van der Waals surface area contributed by atoms with Crippen molar-refractivity contribution in [3.8, 4) is 11.3 Å². The van der Waals surface area contributed by atoms with Crippen LogP contribution in [0.5, 0.6) is 0 Å². The van der Waals surface area contributed by atoms with Crippen molar-refractivity contribution in [2.75, 3.05) is 44.7 Å². The van der Waals surface area contributed by atoms with E-state index in [2.05, 4.69) is 69.3 Å². The number of piperazine rings is 1. The minimum atomic E-state index is -0.231. The third-order valence-corrected chi connectivity index (χ3v) is 7.64. The highest BCUT2D eigenvalue weighted by molar-refractivity contribution is 6.03. The predicted octanol–water partition coefficient (Wildman–Crippen LogP) is 5.87. The van der Waals surface area contributed by atoms with Gasteiger partial charge in [0.1, 0.15) is 17.2 Å². The van der Waals surface area contributed by atoms with Gasteiger partial charge in [0.05, 0.1) is 5.69 Å². The van der Waals surface area contributed by atoms with Crippen LogP contribution in [0.2, 0.25) is 0 Å². The number of aromatic amines is 1. The van der Waals surface area contributed by atoms with Crippen molar-refractivity contribution in [1.82, 2.24) is 20.4 Å². The summed E-state index contributed by atoms with van der Waals surface area (Å²) in [6.07, 6.45) is 5.10. The summed E-state index contributed by atoms with van der Waals surface area (Å²) < 4.78 is 15.4. The van der Waals surface area contributed by atoms with Crippen LogP contribution in [-0.2, 0) is 0 Å². The van der Waals surface area contributed by atoms with Gasteiger partial charge in [-0.25, -0.2) is 9.38 Å². The monoisotopic (exact) mass is 500 g/mol. The lowest BCUT2D eigenvalue weighted by molar-refractivity contribution is 0.313. The molecule has 194 valence electrons. The van der Waals surface area contributed by atoms with Crippen molar-refractivity contribution in [2.24, 2.45) is 4.99 Å². The molecule has 6 nitrogen and oxygen atoms in total. The topological polar surface area (TPSA) is 59.6 Å². The zero-order valence-electron chi connectivity index (χ0n) is 22.1. The summed E-state index contributed by atoms with van der Waals surface area (Å²) in [6, 6.07) is 12.4. The van der Waals surface area contributed by atoms with Crippen LogP contribution >= 0.6 is 0 Å². The second-order valence-corrected chi connectivity index (χ2v) is 10.3. The number of piperidine rings is 1. The van der Waals surface area contributed by atoms with E-state index >= 15 is 4.39 Å². The number of halogens is 1. The molecular weight excluding hydrogens is 463 g/mol. The Morgan fingerprint density at radius 3 is 2.54 bits per heavy atom. The van der Waals surface area contributed by atoms with Crippen LogP contribution in [-0.4, -0.2) is 60.6 Å². The molecule has 2 aromatic carbocycles. The Morgan fingerprint density at radius 2 is 1.89 bits per heavy atom. The maximum absolute atomic E-state index is 15.4. The molecule has 1 unspecified atom stereocenters. The van der Waals surface area contributed by atoms with Crippen molar-refractivity contribution in [3.63, 3.8) is 0 Å². The van der Waals surface area contributed by atoms with Gasteiger partial charge in [-0.2, -0.15) is 5.10 Å². The normalized spacial score (nSPS) is 19.3. The van der Waals surface area contributed by atoms with Crippen LogP contribution in [0.4, 0.5) is 15.8 Å². The summed E-state index contributed by atoms with van der Waals surface area (Å²) in [6.45, 7) is 12.9. The summed E-state index contributed by atoms with van der Waals surface area (Å²) in [5, 5.41) is 11.1. The zero-order valence-corrected chi connectivity index (χ0v) is 22.1. The van der Waals surface area contributed by atoms with E-state index in [4.69, 9.17) is 4.99 Å². The first-order chi connectivity index (χ1) is 17.9. The number of nitrogens with one attached hydrogen (secondary N) is 2. The molecule has 3 aromatic rings. The van der Waals surface area contributed by atoms with Gasteiger partial charge in [0.25, 0.3) is 0 Å². The number of aliphatic imine (C=N–C) groups is 1. The van der Waals surface area contributed by atoms with Crippen LogP contribution in [0.1, 0.15) is 54.6 Å². The van der Waals surface area contributed by atoms with Crippen LogP contribution in [0, 0.1) is 12.7 Å². The van der Waals surface area contributed by atoms with Gasteiger partial charge in [0, 0.05) is 54.7 Å². The lowest BCUT2D eigenvalue weighted by Crippen LogP contribution is -2.44. The molecule has 0 saturated carbocycles. The highest BCUT2D eigenvalue weighted by Crippen LogP contribution is 2.35. The molecule has 0 radical (unpaired) electrons. The van der Waals surface area contributed by atoms with Gasteiger partial charge in [-0.3, -0.25) is 5.10 Å². The van der Waals surface area contributed by atoms with Crippen LogP contribution in [0.25, 0.3) is 17.3 Å². The summed E-state index contributed by atoms with van der Waals surface area (Å²) in [5.41, 5.74) is 7.39. The number of anilines is 1. The number of rotatable bonds is 6. The van der Waals surface area contributed by atoms with E-state index in [9.17, 15) is 0 Å². The molecule has 3 heterocycles. The number of likely N-dealkylation sites (N-methyl/N-ethyl adjacent to an activating group) is 1. The van der Waals surface area contributed by atoms with E-state index in [0.717, 1.165) is 67.2 Å². The van der Waals surface area contributed by atoms with E-state index in [0.29, 0.717) is 17.0 Å². The summed E-state index contributed by atoms with van der Waals surface area (Å²) in [4.78, 5) is 9.66. The van der Waals surface area contributed by atoms with E-state index < -0.39 is 0 Å². The summed E-state index contributed by atoms with van der Waals surface area (Å²) in [7, 11) is 2.16. The first-order valence-corrected chi connectivity index (χ1v) is 13.3. The van der Waals surface area contributed by atoms with Gasteiger partial charge < -0.3 is 15.1 Å². The first-order valence-electron chi connectivity index (χ1n) is 13.3. The molecule has 2 aliphatic rings. The zero-order chi connectivity index (χ0) is 25.9. The number of nitrogens with zero attached hydrogens (tertiary/aromatic N) is 4. The molecule has 0 aliphatic carbocycles. The predicted molar refractivity (Wildman–Crippen MR) is 151 cm³/mol. The minimum Gasteiger partial charge on any atom is -0.369 e. The van der Waals surface area contributed by atoms with Gasteiger partial charge in [0.15, 0.2) is 0 Å². The molecule has 2 saturated heterocycles. The Balaban J connectivity index is 1.44. The molecule has 2 aliphatic heterocycles. The average Bonchev–Trinajstić information content (AvgIpc) is 3.31. The van der Waals surface area contributed by atoms with E-state index in [-0.39, 0.29) is 11.9 Å². The minimum absolute atomic E-state index is 0.218. The number of H-pyrrole nitrogens is 1. The Bertz CT molecular complexity index is 1250. The number of hydrogen-bond acceptors (Lipinski definition) is 5. The second-order valence-electron chi connectivity index (χ2n) is 10.3. The van der Waals surface area contributed by atoms with Crippen molar-refractivity contribution in [2.45, 2.75) is 39.2 Å². The Kier molecular flexibility index (Phi) is 7.53. The Morgan fingerprint density at radius 1 is 1.14 bits per heavy atom. The molecule has 2 fully saturated rings. The molecule has 2 N–H and O–H groups in total. The fourth-order valence-electron chi connectivity index (χ4n) is 5.49. The Labute approximate surface area is 219 Å². The fraction of sp³-hybridized carbons (Fsp3) is 0.400. The Hall–Kier alpha value is -3.29. The van der Waals surface area contributed by atoms with Crippen molar-refractivity contribution < 1.29 is 4.39 Å². The smallest absolute Gasteiger partial charge is 0.132 e. The third kappa shape index (κ3) is 5.38. The summed E-state index contributed by atoms with van der Waals surface area (Å²) >= 11 is 0. The van der Waals surface area contributed by atoms with E-state index in [1.54, 1.807) is 12.1 Å². The number of aryl methyl sites for hydroxylation is 1. The van der Waals surface area contributed by atoms with E-state index in [1.165, 1.54) is 18.5 Å². The third-order valence-electron chi connectivity index (χ3n) is 7.64. The molecule has 1 aromatic heterocycles. The van der Waals surface area contributed by atoms with Crippen LogP contribution < -0.4 is 10.2 Å². The molecular formula is C30H37FN6. The van der Waals surface area contributed by atoms with Gasteiger partial charge in [-0.15, -0.1) is 0 Å². The molecule has 0 amide bonds. The van der Waals surface area contributed by atoms with Crippen LogP contribution in [0.15, 0.2) is 48.0 Å². The lowest BCUT2D eigenvalue weighted by atomic mass is 9.93. The number of hydrogen-bond donors (Lipinski definition) is 2. The molecule has 37 heavy (non-hydrogen) atoms. The first kappa shape index (κ1) is 25.4. The van der Waals surface area contributed by atoms with Gasteiger partial charge >= 0.3 is 0 Å². The van der Waals surface area contributed by atoms with Gasteiger partial charge in [0.2, 0.25) is 0 Å². The second kappa shape index (κ2) is 11.0. The SMILES string of the molecule is C=Cc1[nH]nc(-c2ccc(N3CCN(C)CC3)cc2)c1N=C(C)c1c(C)cc(C2CCCCN2)cc1F. The maximum Gasteiger partial charge on any atom is 0.132 e. The highest BCUT2D eigenvalue weighted by atomic mass is 19.1. The van der Waals surface area contributed by atoms with Gasteiger partial charge in [-0.05, 0) is 75.7 Å². The number of benzene rings is 2. The van der Waals surface area contributed by atoms with Crippen molar-refractivity contribution in [3.05, 3.63) is 71.2 Å². The molecule has 1 atom stereocenters. The van der Waals surface area contributed by atoms with Crippen molar-refractivity contribution in [1.29, 1.82) is 0 Å². The van der Waals surface area contributed by atoms with E-state index in [1.807, 2.05) is 13.8 Å². The lowest BCUT2D eigenvalue weighted by Gasteiger charge is -2.34. The molecule has 5 rings (SSSR count). The van der Waals surface area contributed by atoms with Gasteiger partial charge in [-0.1, -0.05) is 31.2 Å². The maximum atomic E-state index is 15.4. The number of aromatic nitrogens is 2. The van der Waals surface area contributed by atoms with Crippen molar-refractivity contribution >= 4 is 23.2 Å². The largest absolute Gasteiger partial charge is 0.369 e. The highest BCUT2D eigenvalue weighted by Gasteiger charge is 2.21. The standard InChI is InChI=1S/C30H37FN6/c1-5-26-30(29(35-34-26)22-9-11-24(12-10-22)37-16-14-36(4)15-17-37)33-21(3)28-20(2)18-23(19-25(28)31)27-8-6-7-13-32-27/h5,9-12,18-19,27,32H,1,6-8,13-17H2,2-4H3,(H,34,35).